The molecule has 2 aliphatic rings. The number of hydrogen-bond donors (Lipinski definition) is 1. The third kappa shape index (κ3) is 2.09. The average Bonchev–Trinajstić information content (AvgIpc) is 2.86. The molecule has 17 heavy (non-hydrogen) atoms. The van der Waals surface area contributed by atoms with E-state index in [9.17, 15) is 4.39 Å². The van der Waals surface area contributed by atoms with Crippen molar-refractivity contribution in [1.29, 1.82) is 0 Å². The van der Waals surface area contributed by atoms with E-state index in [4.69, 9.17) is 9.47 Å². The summed E-state index contributed by atoms with van der Waals surface area (Å²) in [4.78, 5) is 0. The predicted molar refractivity (Wildman–Crippen MR) is 62.1 cm³/mol. The maximum absolute atomic E-state index is 13.5. The molecule has 1 fully saturated rings. The minimum Gasteiger partial charge on any atom is -0.486 e. The van der Waals surface area contributed by atoms with Gasteiger partial charge in [0.2, 0.25) is 0 Å². The zero-order valence-corrected chi connectivity index (χ0v) is 9.67. The standard InChI is InChI=1S/C13H16FNO2/c14-11-4-3-9(8-10-2-1-5-15-10)12-13(11)17-7-6-16-12/h3-4,10,15H,1-2,5-8H2. The number of nitrogens with one attached hydrogen (secondary N) is 1. The second-order valence-electron chi connectivity index (χ2n) is 4.56. The normalized spacial score (nSPS) is 22.8. The second kappa shape index (κ2) is 4.53. The first-order valence-electron chi connectivity index (χ1n) is 6.15. The van der Waals surface area contributed by atoms with Crippen molar-refractivity contribution < 1.29 is 13.9 Å². The van der Waals surface area contributed by atoms with Gasteiger partial charge in [0, 0.05) is 6.04 Å². The lowest BCUT2D eigenvalue weighted by Gasteiger charge is -2.22. The average molecular weight is 237 g/mol. The lowest BCUT2D eigenvalue weighted by Crippen LogP contribution is -2.25. The fraction of sp³-hybridized carbons (Fsp3) is 0.538. The van der Waals surface area contributed by atoms with Crippen LogP contribution in [-0.4, -0.2) is 25.8 Å². The van der Waals surface area contributed by atoms with Crippen LogP contribution in [0.5, 0.6) is 11.5 Å². The second-order valence-corrected chi connectivity index (χ2v) is 4.56. The highest BCUT2D eigenvalue weighted by molar-refractivity contribution is 5.48. The van der Waals surface area contributed by atoms with Crippen LogP contribution in [0.1, 0.15) is 18.4 Å². The molecule has 2 heterocycles. The Bertz CT molecular complexity index is 416. The van der Waals surface area contributed by atoms with Gasteiger partial charge in [0.15, 0.2) is 17.3 Å². The van der Waals surface area contributed by atoms with Crippen LogP contribution in [0, 0.1) is 5.82 Å². The van der Waals surface area contributed by atoms with Crippen molar-refractivity contribution in [2.24, 2.45) is 0 Å². The Morgan fingerprint density at radius 2 is 2.06 bits per heavy atom. The molecule has 0 amide bonds. The number of rotatable bonds is 2. The Labute approximate surface area is 99.9 Å². The van der Waals surface area contributed by atoms with Gasteiger partial charge in [-0.2, -0.15) is 0 Å². The summed E-state index contributed by atoms with van der Waals surface area (Å²) in [5.41, 5.74) is 1.04. The molecule has 0 aromatic heterocycles. The molecule has 2 aliphatic heterocycles. The van der Waals surface area contributed by atoms with Crippen LogP contribution in [0.2, 0.25) is 0 Å². The first kappa shape index (κ1) is 10.8. The van der Waals surface area contributed by atoms with Crippen LogP contribution in [0.3, 0.4) is 0 Å². The lowest BCUT2D eigenvalue weighted by atomic mass is 10.0. The summed E-state index contributed by atoms with van der Waals surface area (Å²) in [7, 11) is 0. The molecular formula is C13H16FNO2. The van der Waals surface area contributed by atoms with Gasteiger partial charge in [-0.1, -0.05) is 6.07 Å². The van der Waals surface area contributed by atoms with Gasteiger partial charge in [-0.15, -0.1) is 0 Å². The number of fused-ring (bicyclic) bond motifs is 1. The minimum absolute atomic E-state index is 0.284. The minimum atomic E-state index is -0.331. The summed E-state index contributed by atoms with van der Waals surface area (Å²) < 4.78 is 24.4. The smallest absolute Gasteiger partial charge is 0.197 e. The molecule has 92 valence electrons. The third-order valence-corrected chi connectivity index (χ3v) is 3.35. The highest BCUT2D eigenvalue weighted by Crippen LogP contribution is 2.37. The van der Waals surface area contributed by atoms with Crippen molar-refractivity contribution >= 4 is 0 Å². The van der Waals surface area contributed by atoms with E-state index >= 15 is 0 Å². The number of ether oxygens (including phenoxy) is 2. The fourth-order valence-corrected chi connectivity index (χ4v) is 2.52. The van der Waals surface area contributed by atoms with Gasteiger partial charge in [0.25, 0.3) is 0 Å². The predicted octanol–water partition coefficient (Wildman–Crippen LogP) is 1.89. The molecule has 1 aromatic rings. The Morgan fingerprint density at radius 1 is 1.24 bits per heavy atom. The topological polar surface area (TPSA) is 30.5 Å². The highest BCUT2D eigenvalue weighted by atomic mass is 19.1. The first-order valence-corrected chi connectivity index (χ1v) is 6.15. The van der Waals surface area contributed by atoms with Gasteiger partial charge in [-0.25, -0.2) is 4.39 Å². The Balaban J connectivity index is 1.88. The van der Waals surface area contributed by atoms with Gasteiger partial charge < -0.3 is 14.8 Å². The van der Waals surface area contributed by atoms with E-state index in [0.29, 0.717) is 25.0 Å². The van der Waals surface area contributed by atoms with Crippen LogP contribution >= 0.6 is 0 Å². The number of hydrogen-bond acceptors (Lipinski definition) is 3. The van der Waals surface area contributed by atoms with Crippen molar-refractivity contribution in [1.82, 2.24) is 5.32 Å². The van der Waals surface area contributed by atoms with Gasteiger partial charge >= 0.3 is 0 Å². The van der Waals surface area contributed by atoms with Crippen molar-refractivity contribution in [2.45, 2.75) is 25.3 Å². The molecule has 0 aliphatic carbocycles. The zero-order valence-electron chi connectivity index (χ0n) is 9.67. The molecule has 1 saturated heterocycles. The summed E-state index contributed by atoms with van der Waals surface area (Å²) in [6.07, 6.45) is 3.27. The number of benzene rings is 1. The van der Waals surface area contributed by atoms with Crippen molar-refractivity contribution in [3.63, 3.8) is 0 Å². The van der Waals surface area contributed by atoms with Gasteiger partial charge in [-0.05, 0) is 37.4 Å². The molecule has 3 rings (SSSR count). The first-order chi connectivity index (χ1) is 8.34. The molecule has 0 saturated carbocycles. The van der Waals surface area contributed by atoms with Gasteiger partial charge in [-0.3, -0.25) is 0 Å². The fourth-order valence-electron chi connectivity index (χ4n) is 2.52. The molecule has 0 bridgehead atoms. The van der Waals surface area contributed by atoms with E-state index in [1.807, 2.05) is 6.07 Å². The van der Waals surface area contributed by atoms with Gasteiger partial charge in [0.1, 0.15) is 13.2 Å². The molecule has 1 aromatic carbocycles. The van der Waals surface area contributed by atoms with Crippen LogP contribution in [0.15, 0.2) is 12.1 Å². The van der Waals surface area contributed by atoms with E-state index in [1.165, 1.54) is 18.9 Å². The molecular weight excluding hydrogens is 221 g/mol. The molecule has 0 spiro atoms. The SMILES string of the molecule is Fc1ccc(CC2CCCN2)c2c1OCCO2. The van der Waals surface area contributed by atoms with Crippen molar-refractivity contribution in [3.05, 3.63) is 23.5 Å². The van der Waals surface area contributed by atoms with Crippen LogP contribution in [0.4, 0.5) is 4.39 Å². The molecule has 1 unspecified atom stereocenters. The Morgan fingerprint density at radius 3 is 2.82 bits per heavy atom. The molecule has 1 atom stereocenters. The summed E-state index contributed by atoms with van der Waals surface area (Å²) in [5, 5.41) is 3.44. The zero-order chi connectivity index (χ0) is 11.7. The highest BCUT2D eigenvalue weighted by Gasteiger charge is 2.23. The van der Waals surface area contributed by atoms with E-state index in [0.717, 1.165) is 18.5 Å². The summed E-state index contributed by atoms with van der Waals surface area (Å²) in [6.45, 7) is 2.00. The Hall–Kier alpha value is -1.29. The summed E-state index contributed by atoms with van der Waals surface area (Å²) >= 11 is 0. The number of halogens is 1. The molecule has 4 heteroatoms. The molecule has 1 N–H and O–H groups in total. The quantitative estimate of drug-likeness (QED) is 0.852. The maximum atomic E-state index is 13.5. The van der Waals surface area contributed by atoms with Crippen LogP contribution < -0.4 is 14.8 Å². The monoisotopic (exact) mass is 237 g/mol. The molecule has 3 nitrogen and oxygen atoms in total. The van der Waals surface area contributed by atoms with Crippen molar-refractivity contribution in [2.75, 3.05) is 19.8 Å². The summed E-state index contributed by atoms with van der Waals surface area (Å²) in [6, 6.07) is 3.76. The van der Waals surface area contributed by atoms with Gasteiger partial charge in [0.05, 0.1) is 0 Å². The largest absolute Gasteiger partial charge is 0.486 e. The Kier molecular flexibility index (Phi) is 2.89. The van der Waals surface area contributed by atoms with Crippen molar-refractivity contribution in [3.8, 4) is 11.5 Å². The van der Waals surface area contributed by atoms with E-state index < -0.39 is 0 Å². The van der Waals surface area contributed by atoms with E-state index in [1.54, 1.807) is 0 Å². The van der Waals surface area contributed by atoms with Crippen LogP contribution in [0.25, 0.3) is 0 Å². The maximum Gasteiger partial charge on any atom is 0.197 e. The van der Waals surface area contributed by atoms with E-state index in [2.05, 4.69) is 5.32 Å². The molecule has 0 radical (unpaired) electrons. The lowest BCUT2D eigenvalue weighted by molar-refractivity contribution is 0.162. The third-order valence-electron chi connectivity index (χ3n) is 3.35. The summed E-state index contributed by atoms with van der Waals surface area (Å²) in [5.74, 6) is 0.555. The van der Waals surface area contributed by atoms with Crippen LogP contribution in [-0.2, 0) is 6.42 Å². The van der Waals surface area contributed by atoms with E-state index in [-0.39, 0.29) is 11.6 Å².